The van der Waals surface area contributed by atoms with Gasteiger partial charge in [-0.25, -0.2) is 0 Å². The second-order valence-corrected chi connectivity index (χ2v) is 9.93. The van der Waals surface area contributed by atoms with Crippen LogP contribution < -0.4 is 5.32 Å². The first kappa shape index (κ1) is 22.1. The molecule has 2 N–H and O–H groups in total. The van der Waals surface area contributed by atoms with Crippen molar-refractivity contribution in [3.8, 4) is 0 Å². The van der Waals surface area contributed by atoms with E-state index in [9.17, 15) is 9.59 Å². The number of piperidine rings is 1. The van der Waals surface area contributed by atoms with Gasteiger partial charge in [0.25, 0.3) is 5.91 Å². The van der Waals surface area contributed by atoms with E-state index in [4.69, 9.17) is 0 Å². The van der Waals surface area contributed by atoms with E-state index in [0.717, 1.165) is 88.9 Å². The number of carbonyl (C=O) groups excluding carboxylic acids is 2. The number of nitrogens with zero attached hydrogens (tertiary/aromatic N) is 3. The summed E-state index contributed by atoms with van der Waals surface area (Å²) in [5.74, 6) is 0.766. The highest BCUT2D eigenvalue weighted by Gasteiger charge is 2.30. The highest BCUT2D eigenvalue weighted by molar-refractivity contribution is 5.94. The van der Waals surface area contributed by atoms with Gasteiger partial charge >= 0.3 is 0 Å². The minimum Gasteiger partial charge on any atom is -0.352 e. The summed E-state index contributed by atoms with van der Waals surface area (Å²) in [5.41, 5.74) is 4.24. The molecular formula is C26H35N5O2. The zero-order valence-electron chi connectivity index (χ0n) is 19.4. The fourth-order valence-corrected chi connectivity index (χ4v) is 5.64. The van der Waals surface area contributed by atoms with Crippen LogP contribution in [0, 0.1) is 5.92 Å². The van der Waals surface area contributed by atoms with Crippen LogP contribution in [0.2, 0.25) is 0 Å². The largest absolute Gasteiger partial charge is 0.352 e. The molecule has 0 saturated carbocycles. The van der Waals surface area contributed by atoms with Crippen molar-refractivity contribution in [3.63, 3.8) is 0 Å². The Morgan fingerprint density at radius 1 is 1.06 bits per heavy atom. The van der Waals surface area contributed by atoms with E-state index >= 15 is 0 Å². The highest BCUT2D eigenvalue weighted by atomic mass is 16.2. The molecule has 2 saturated heterocycles. The van der Waals surface area contributed by atoms with E-state index in [2.05, 4.69) is 44.7 Å². The third-order valence-corrected chi connectivity index (χ3v) is 7.58. The summed E-state index contributed by atoms with van der Waals surface area (Å²) >= 11 is 0. The van der Waals surface area contributed by atoms with Gasteiger partial charge in [-0.3, -0.25) is 19.6 Å². The van der Waals surface area contributed by atoms with Gasteiger partial charge < -0.3 is 10.2 Å². The van der Waals surface area contributed by atoms with Crippen LogP contribution in [0.15, 0.2) is 30.3 Å². The Kier molecular flexibility index (Phi) is 6.76. The number of nitrogens with one attached hydrogen (secondary N) is 2. The average Bonchev–Trinajstić information content (AvgIpc) is 3.56. The maximum atomic E-state index is 12.9. The fraction of sp³-hybridized carbons (Fsp3) is 0.577. The monoisotopic (exact) mass is 449 g/mol. The third kappa shape index (κ3) is 5.29. The van der Waals surface area contributed by atoms with Gasteiger partial charge in [-0.05, 0) is 56.4 Å². The molecule has 2 aliphatic heterocycles. The van der Waals surface area contributed by atoms with Gasteiger partial charge in [0.1, 0.15) is 0 Å². The first-order chi connectivity index (χ1) is 16.2. The zero-order valence-corrected chi connectivity index (χ0v) is 19.4. The maximum Gasteiger partial charge on any atom is 0.274 e. The Balaban J connectivity index is 1.01. The van der Waals surface area contributed by atoms with Crippen molar-refractivity contribution in [1.82, 2.24) is 25.3 Å². The number of carbonyl (C=O) groups is 2. The van der Waals surface area contributed by atoms with E-state index in [1.165, 1.54) is 5.56 Å². The van der Waals surface area contributed by atoms with E-state index in [0.29, 0.717) is 18.0 Å². The third-order valence-electron chi connectivity index (χ3n) is 7.58. The van der Waals surface area contributed by atoms with Crippen LogP contribution in [-0.4, -0.2) is 64.0 Å². The number of aromatic amines is 1. The van der Waals surface area contributed by atoms with Crippen molar-refractivity contribution in [2.45, 2.75) is 64.0 Å². The van der Waals surface area contributed by atoms with Crippen molar-refractivity contribution in [3.05, 3.63) is 52.8 Å². The second-order valence-electron chi connectivity index (χ2n) is 9.93. The number of benzene rings is 1. The summed E-state index contributed by atoms with van der Waals surface area (Å²) in [6, 6.07) is 10.8. The van der Waals surface area contributed by atoms with E-state index in [1.807, 2.05) is 11.0 Å². The number of fused-ring (bicyclic) bond motifs is 1. The summed E-state index contributed by atoms with van der Waals surface area (Å²) in [4.78, 5) is 29.8. The molecule has 0 bridgehead atoms. The number of hydrogen-bond donors (Lipinski definition) is 2. The van der Waals surface area contributed by atoms with Crippen molar-refractivity contribution in [1.29, 1.82) is 0 Å². The van der Waals surface area contributed by atoms with E-state index < -0.39 is 0 Å². The molecule has 3 aliphatic rings. The summed E-state index contributed by atoms with van der Waals surface area (Å²) in [5, 5.41) is 10.6. The summed E-state index contributed by atoms with van der Waals surface area (Å²) in [6.07, 6.45) is 7.54. The predicted molar refractivity (Wildman–Crippen MR) is 127 cm³/mol. The molecule has 1 unspecified atom stereocenters. The molecule has 2 aromatic rings. The number of aromatic nitrogens is 2. The molecule has 5 rings (SSSR count). The SMILES string of the molecule is O=C(CCC1CCN(C(=O)c2n[nH]c3c2CCC3)CC1)NC1CCN(Cc2ccccc2)C1. The Hall–Kier alpha value is -2.67. The Morgan fingerprint density at radius 3 is 2.70 bits per heavy atom. The zero-order chi connectivity index (χ0) is 22.6. The summed E-state index contributed by atoms with van der Waals surface area (Å²) in [6.45, 7) is 4.45. The van der Waals surface area contributed by atoms with Gasteiger partial charge in [0, 0.05) is 56.4 Å². The lowest BCUT2D eigenvalue weighted by Crippen LogP contribution is -2.40. The first-order valence-corrected chi connectivity index (χ1v) is 12.6. The lowest BCUT2D eigenvalue weighted by Gasteiger charge is -2.31. The molecule has 1 atom stereocenters. The number of aryl methyl sites for hydroxylation is 1. The number of hydrogen-bond acceptors (Lipinski definition) is 4. The van der Waals surface area contributed by atoms with Crippen LogP contribution in [0.3, 0.4) is 0 Å². The van der Waals surface area contributed by atoms with Crippen LogP contribution >= 0.6 is 0 Å². The van der Waals surface area contributed by atoms with Gasteiger partial charge in [-0.2, -0.15) is 5.10 Å². The lowest BCUT2D eigenvalue weighted by molar-refractivity contribution is -0.122. The molecule has 2 fully saturated rings. The standard InChI is InChI=1S/C26H35N5O2/c32-24(27-21-13-14-30(18-21)17-20-5-2-1-3-6-20)10-9-19-11-15-31(16-12-19)26(33)25-22-7-4-8-23(22)28-29-25/h1-3,5-6,19,21H,4,7-18H2,(H,27,32)(H,28,29). The predicted octanol–water partition coefficient (Wildman–Crippen LogP) is 2.92. The van der Waals surface area contributed by atoms with Crippen LogP contribution in [-0.2, 0) is 24.2 Å². The molecule has 0 spiro atoms. The molecule has 1 aromatic heterocycles. The van der Waals surface area contributed by atoms with Crippen molar-refractivity contribution in [2.75, 3.05) is 26.2 Å². The number of amides is 2. The van der Waals surface area contributed by atoms with E-state index in [1.54, 1.807) is 0 Å². The minimum atomic E-state index is 0.0758. The molecule has 1 aliphatic carbocycles. The van der Waals surface area contributed by atoms with Crippen molar-refractivity contribution in [2.24, 2.45) is 5.92 Å². The molecule has 7 nitrogen and oxygen atoms in total. The topological polar surface area (TPSA) is 81.3 Å². The fourth-order valence-electron chi connectivity index (χ4n) is 5.64. The Labute approximate surface area is 195 Å². The van der Waals surface area contributed by atoms with Gasteiger partial charge in [-0.1, -0.05) is 30.3 Å². The maximum absolute atomic E-state index is 12.9. The molecule has 7 heteroatoms. The smallest absolute Gasteiger partial charge is 0.274 e. The van der Waals surface area contributed by atoms with Crippen LogP contribution in [0.25, 0.3) is 0 Å². The quantitative estimate of drug-likeness (QED) is 0.681. The van der Waals surface area contributed by atoms with Crippen LogP contribution in [0.4, 0.5) is 0 Å². The molecule has 3 heterocycles. The molecular weight excluding hydrogens is 414 g/mol. The molecule has 0 radical (unpaired) electrons. The highest BCUT2D eigenvalue weighted by Crippen LogP contribution is 2.27. The Morgan fingerprint density at radius 2 is 1.88 bits per heavy atom. The second kappa shape index (κ2) is 10.1. The number of rotatable bonds is 7. The normalized spacial score (nSPS) is 21.3. The first-order valence-electron chi connectivity index (χ1n) is 12.6. The summed E-state index contributed by atoms with van der Waals surface area (Å²) in [7, 11) is 0. The van der Waals surface area contributed by atoms with Crippen LogP contribution in [0.5, 0.6) is 0 Å². The van der Waals surface area contributed by atoms with Crippen LogP contribution in [0.1, 0.15) is 65.8 Å². The van der Waals surface area contributed by atoms with Gasteiger partial charge in [0.05, 0.1) is 0 Å². The number of H-pyrrole nitrogens is 1. The van der Waals surface area contributed by atoms with Gasteiger partial charge in [0.15, 0.2) is 5.69 Å². The molecule has 33 heavy (non-hydrogen) atoms. The molecule has 2 amide bonds. The number of likely N-dealkylation sites (tertiary alicyclic amines) is 2. The average molecular weight is 450 g/mol. The lowest BCUT2D eigenvalue weighted by atomic mass is 9.91. The van der Waals surface area contributed by atoms with E-state index in [-0.39, 0.29) is 17.9 Å². The minimum absolute atomic E-state index is 0.0758. The van der Waals surface area contributed by atoms with Gasteiger partial charge in [0.2, 0.25) is 5.91 Å². The van der Waals surface area contributed by atoms with Crippen molar-refractivity contribution >= 4 is 11.8 Å². The molecule has 176 valence electrons. The molecule has 1 aromatic carbocycles. The van der Waals surface area contributed by atoms with Gasteiger partial charge in [-0.15, -0.1) is 0 Å². The summed E-state index contributed by atoms with van der Waals surface area (Å²) < 4.78 is 0. The van der Waals surface area contributed by atoms with Crippen molar-refractivity contribution < 1.29 is 9.59 Å². The Bertz CT molecular complexity index is 964.